The first-order valence-corrected chi connectivity index (χ1v) is 7.92. The van der Waals surface area contributed by atoms with Crippen LogP contribution in [-0.2, 0) is 4.79 Å². The normalized spacial score (nSPS) is 37.1. The SMILES string of the molecule is CC1CCC2NC(N)NC(=O)C2C1Sc1ccncc1. The highest BCUT2D eigenvalue weighted by atomic mass is 32.2. The van der Waals surface area contributed by atoms with Gasteiger partial charge in [-0.25, -0.2) is 0 Å². The van der Waals surface area contributed by atoms with Crippen LogP contribution in [0.3, 0.4) is 0 Å². The zero-order chi connectivity index (χ0) is 14.1. The molecule has 1 aromatic rings. The molecule has 1 aliphatic carbocycles. The van der Waals surface area contributed by atoms with Crippen molar-refractivity contribution in [3.63, 3.8) is 0 Å². The molecule has 1 saturated carbocycles. The Morgan fingerprint density at radius 2 is 2.10 bits per heavy atom. The summed E-state index contributed by atoms with van der Waals surface area (Å²) in [6.45, 7) is 2.23. The smallest absolute Gasteiger partial charge is 0.228 e. The summed E-state index contributed by atoms with van der Waals surface area (Å²) in [5.74, 6) is 0.576. The van der Waals surface area contributed by atoms with Gasteiger partial charge in [0, 0.05) is 28.6 Å². The molecule has 108 valence electrons. The van der Waals surface area contributed by atoms with Crippen molar-refractivity contribution in [1.82, 2.24) is 15.6 Å². The van der Waals surface area contributed by atoms with Gasteiger partial charge in [-0.3, -0.25) is 20.8 Å². The molecule has 1 saturated heterocycles. The highest BCUT2D eigenvalue weighted by molar-refractivity contribution is 8.00. The summed E-state index contributed by atoms with van der Waals surface area (Å²) in [7, 11) is 0. The van der Waals surface area contributed by atoms with Gasteiger partial charge in [-0.15, -0.1) is 11.8 Å². The zero-order valence-electron chi connectivity index (χ0n) is 11.5. The fourth-order valence-electron chi connectivity index (χ4n) is 3.17. The van der Waals surface area contributed by atoms with E-state index in [4.69, 9.17) is 5.73 Å². The third-order valence-corrected chi connectivity index (χ3v) is 5.77. The number of hydrogen-bond acceptors (Lipinski definition) is 5. The number of fused-ring (bicyclic) bond motifs is 1. The molecule has 2 heterocycles. The van der Waals surface area contributed by atoms with Crippen molar-refractivity contribution in [2.45, 2.75) is 42.2 Å². The van der Waals surface area contributed by atoms with Crippen LogP contribution < -0.4 is 16.4 Å². The first kappa shape index (κ1) is 13.9. The van der Waals surface area contributed by atoms with E-state index < -0.39 is 6.29 Å². The van der Waals surface area contributed by atoms with Gasteiger partial charge in [0.25, 0.3) is 0 Å². The molecule has 0 bridgehead atoms. The van der Waals surface area contributed by atoms with Gasteiger partial charge in [0.15, 0.2) is 0 Å². The molecule has 1 aliphatic heterocycles. The molecule has 20 heavy (non-hydrogen) atoms. The fraction of sp³-hybridized carbons (Fsp3) is 0.571. The van der Waals surface area contributed by atoms with Gasteiger partial charge in [0.2, 0.25) is 5.91 Å². The second kappa shape index (κ2) is 5.71. The summed E-state index contributed by atoms with van der Waals surface area (Å²) < 4.78 is 0. The Morgan fingerprint density at radius 3 is 2.85 bits per heavy atom. The summed E-state index contributed by atoms with van der Waals surface area (Å²) >= 11 is 1.78. The predicted molar refractivity (Wildman–Crippen MR) is 78.8 cm³/mol. The number of pyridine rings is 1. The second-order valence-corrected chi connectivity index (χ2v) is 6.86. The van der Waals surface area contributed by atoms with E-state index >= 15 is 0 Å². The lowest BCUT2D eigenvalue weighted by Crippen LogP contribution is -2.68. The number of thioether (sulfide) groups is 1. The Kier molecular flexibility index (Phi) is 3.96. The minimum Gasteiger partial charge on any atom is -0.328 e. The highest BCUT2D eigenvalue weighted by Gasteiger charge is 2.45. The lowest BCUT2D eigenvalue weighted by molar-refractivity contribution is -0.131. The summed E-state index contributed by atoms with van der Waals surface area (Å²) in [5.41, 5.74) is 5.81. The van der Waals surface area contributed by atoms with Crippen molar-refractivity contribution in [2.24, 2.45) is 17.6 Å². The molecule has 0 radical (unpaired) electrons. The van der Waals surface area contributed by atoms with Crippen molar-refractivity contribution in [1.29, 1.82) is 0 Å². The van der Waals surface area contributed by atoms with Crippen molar-refractivity contribution in [3.05, 3.63) is 24.5 Å². The number of rotatable bonds is 2. The molecule has 0 spiro atoms. The van der Waals surface area contributed by atoms with E-state index in [2.05, 4.69) is 22.5 Å². The molecule has 3 rings (SSSR count). The molecule has 6 heteroatoms. The van der Waals surface area contributed by atoms with Gasteiger partial charge in [0.05, 0.1) is 5.92 Å². The first-order valence-electron chi connectivity index (χ1n) is 7.04. The number of carbonyl (C=O) groups excluding carboxylic acids is 1. The van der Waals surface area contributed by atoms with Crippen LogP contribution in [0.4, 0.5) is 0 Å². The maximum atomic E-state index is 12.3. The molecule has 5 atom stereocenters. The van der Waals surface area contributed by atoms with E-state index in [0.717, 1.165) is 12.8 Å². The summed E-state index contributed by atoms with van der Waals surface area (Å²) in [6.07, 6.45) is 5.31. The predicted octanol–water partition coefficient (Wildman–Crippen LogP) is 0.919. The van der Waals surface area contributed by atoms with E-state index in [1.807, 2.05) is 12.1 Å². The molecule has 2 fully saturated rings. The molecule has 0 aromatic carbocycles. The Hall–Kier alpha value is -1.11. The minimum atomic E-state index is -0.413. The van der Waals surface area contributed by atoms with E-state index in [1.165, 1.54) is 4.90 Å². The van der Waals surface area contributed by atoms with Crippen LogP contribution in [0.15, 0.2) is 29.4 Å². The Labute approximate surface area is 123 Å². The van der Waals surface area contributed by atoms with E-state index in [9.17, 15) is 4.79 Å². The van der Waals surface area contributed by atoms with Gasteiger partial charge >= 0.3 is 0 Å². The summed E-state index contributed by atoms with van der Waals surface area (Å²) in [6, 6.07) is 4.19. The van der Waals surface area contributed by atoms with Gasteiger partial charge in [-0.1, -0.05) is 6.92 Å². The molecular formula is C14H20N4OS. The standard InChI is InChI=1S/C14H20N4OS/c1-8-2-3-10-11(13(19)18-14(15)17-10)12(8)20-9-4-6-16-7-5-9/h4-8,10-12,14,17H,2-3,15H2,1H3,(H,18,19). The minimum absolute atomic E-state index is 0.0169. The molecular weight excluding hydrogens is 272 g/mol. The average molecular weight is 292 g/mol. The van der Waals surface area contributed by atoms with Gasteiger partial charge < -0.3 is 5.32 Å². The largest absolute Gasteiger partial charge is 0.328 e. The molecule has 4 N–H and O–H groups in total. The van der Waals surface area contributed by atoms with Crippen molar-refractivity contribution in [3.8, 4) is 0 Å². The Morgan fingerprint density at radius 1 is 1.35 bits per heavy atom. The van der Waals surface area contributed by atoms with E-state index in [0.29, 0.717) is 5.92 Å². The Bertz CT molecular complexity index is 483. The summed E-state index contributed by atoms with van der Waals surface area (Å²) in [5, 5.41) is 6.40. The maximum absolute atomic E-state index is 12.3. The van der Waals surface area contributed by atoms with E-state index in [1.54, 1.807) is 24.2 Å². The topological polar surface area (TPSA) is 80.0 Å². The van der Waals surface area contributed by atoms with Crippen LogP contribution in [0.5, 0.6) is 0 Å². The van der Waals surface area contributed by atoms with Crippen LogP contribution in [0.25, 0.3) is 0 Å². The van der Waals surface area contributed by atoms with Gasteiger partial charge in [-0.05, 0) is 30.9 Å². The van der Waals surface area contributed by atoms with Crippen LogP contribution in [0.2, 0.25) is 0 Å². The lowest BCUT2D eigenvalue weighted by atomic mass is 9.77. The molecule has 1 amide bonds. The van der Waals surface area contributed by atoms with Crippen LogP contribution in [0.1, 0.15) is 19.8 Å². The number of nitrogens with zero attached hydrogens (tertiary/aromatic N) is 1. The van der Waals surface area contributed by atoms with Crippen molar-refractivity contribution >= 4 is 17.7 Å². The second-order valence-electron chi connectivity index (χ2n) is 5.61. The molecule has 1 aromatic heterocycles. The quantitative estimate of drug-likeness (QED) is 0.755. The molecule has 5 nitrogen and oxygen atoms in total. The fourth-order valence-corrected chi connectivity index (χ4v) is 4.59. The van der Waals surface area contributed by atoms with Gasteiger partial charge in [0.1, 0.15) is 6.29 Å². The van der Waals surface area contributed by atoms with Gasteiger partial charge in [-0.2, -0.15) is 0 Å². The summed E-state index contributed by atoms with van der Waals surface area (Å²) in [4.78, 5) is 17.5. The van der Waals surface area contributed by atoms with Crippen LogP contribution >= 0.6 is 11.8 Å². The molecule has 2 aliphatic rings. The van der Waals surface area contributed by atoms with Crippen LogP contribution in [-0.4, -0.2) is 28.5 Å². The third kappa shape index (κ3) is 2.68. The third-order valence-electron chi connectivity index (χ3n) is 4.20. The monoisotopic (exact) mass is 292 g/mol. The molecule has 5 unspecified atom stereocenters. The number of nitrogens with two attached hydrogens (primary N) is 1. The van der Waals surface area contributed by atoms with Crippen molar-refractivity contribution in [2.75, 3.05) is 0 Å². The number of carbonyl (C=O) groups is 1. The number of nitrogens with one attached hydrogen (secondary N) is 2. The zero-order valence-corrected chi connectivity index (χ0v) is 12.3. The van der Waals surface area contributed by atoms with Crippen molar-refractivity contribution < 1.29 is 4.79 Å². The number of aromatic nitrogens is 1. The first-order chi connectivity index (χ1) is 9.65. The average Bonchev–Trinajstić information content (AvgIpc) is 2.43. The highest BCUT2D eigenvalue weighted by Crippen LogP contribution is 2.41. The lowest BCUT2D eigenvalue weighted by Gasteiger charge is -2.45. The van der Waals surface area contributed by atoms with Crippen LogP contribution in [0, 0.1) is 11.8 Å². The van der Waals surface area contributed by atoms with E-state index in [-0.39, 0.29) is 23.1 Å². The number of hydrogen-bond donors (Lipinski definition) is 3. The maximum Gasteiger partial charge on any atom is 0.228 e. The number of amides is 1. The Balaban J connectivity index is 1.81.